The number of carbonyl (C=O) groups excluding carboxylic acids is 2. The summed E-state index contributed by atoms with van der Waals surface area (Å²) in [5.41, 5.74) is 7.90. The normalized spacial score (nSPS) is 18.0. The first-order valence-corrected chi connectivity index (χ1v) is 14.8. The molecular weight excluding hydrogens is 653 g/mol. The van der Waals surface area contributed by atoms with Crippen molar-refractivity contribution in [3.05, 3.63) is 95.3 Å². The summed E-state index contributed by atoms with van der Waals surface area (Å²) in [7, 11) is 0. The minimum absolute atomic E-state index is 0.0805. The number of nitrogens with two attached hydrogens (primary N) is 1. The summed E-state index contributed by atoms with van der Waals surface area (Å²) < 4.78 is 104. The fourth-order valence-electron chi connectivity index (χ4n) is 5.11. The summed E-state index contributed by atoms with van der Waals surface area (Å²) in [5, 5.41) is 7.37. The van der Waals surface area contributed by atoms with Gasteiger partial charge in [0.15, 0.2) is 0 Å². The van der Waals surface area contributed by atoms with Crippen molar-refractivity contribution in [1.82, 2.24) is 10.6 Å². The molecule has 1 aliphatic heterocycles. The van der Waals surface area contributed by atoms with E-state index in [1.165, 1.54) is 30.3 Å². The van der Waals surface area contributed by atoms with Crippen molar-refractivity contribution in [2.45, 2.75) is 49.5 Å². The number of benzene rings is 3. The minimum atomic E-state index is -4.87. The van der Waals surface area contributed by atoms with Crippen LogP contribution in [0.3, 0.4) is 0 Å². The number of amides is 2. The van der Waals surface area contributed by atoms with E-state index in [4.69, 9.17) is 15.2 Å². The summed E-state index contributed by atoms with van der Waals surface area (Å²) in [6.45, 7) is -1.38. The van der Waals surface area contributed by atoms with Crippen LogP contribution in [-0.2, 0) is 20.7 Å². The number of carbonyl (C=O) groups is 2. The lowest BCUT2D eigenvalue weighted by molar-refractivity contribution is -0.274. The SMILES string of the molecule is N[C@H](C(=O)Nc1cccc(F)c1CC[C@@H]1CN[C@H](COC(=O)NCC(F)(F)F)CO1)[C@H](c1ccccc1)c1ccc(OC(F)(F)F)cc1. The lowest BCUT2D eigenvalue weighted by Gasteiger charge is -2.30. The molecular formula is C32H33F7N4O5. The highest BCUT2D eigenvalue weighted by Gasteiger charge is 2.33. The van der Waals surface area contributed by atoms with Crippen molar-refractivity contribution in [2.75, 3.05) is 31.6 Å². The third-order valence-electron chi connectivity index (χ3n) is 7.40. The molecule has 16 heteroatoms. The summed E-state index contributed by atoms with van der Waals surface area (Å²) in [6.07, 6.45) is -10.6. The average Bonchev–Trinajstić information content (AvgIpc) is 3.03. The Balaban J connectivity index is 1.37. The van der Waals surface area contributed by atoms with E-state index < -0.39 is 66.8 Å². The standard InChI is InChI=1S/C32H33F7N4O5/c33-25-7-4-8-26(24(25)14-13-23-15-41-21(16-46-23)17-47-30(45)42-18-31(34,35)36)43-29(44)28(40)27(19-5-2-1-3-6-19)20-9-11-22(12-10-20)48-32(37,38)39/h1-12,21,23,27-28,41H,13-18,40H2,(H,42,45)(H,43,44)/t21-,23+,27+,28-/m0/s1. The van der Waals surface area contributed by atoms with Gasteiger partial charge in [-0.1, -0.05) is 48.5 Å². The van der Waals surface area contributed by atoms with Gasteiger partial charge in [0.05, 0.1) is 24.8 Å². The highest BCUT2D eigenvalue weighted by atomic mass is 19.4. The maximum Gasteiger partial charge on any atom is 0.573 e. The van der Waals surface area contributed by atoms with Crippen molar-refractivity contribution in [1.29, 1.82) is 0 Å². The van der Waals surface area contributed by atoms with Crippen LogP contribution >= 0.6 is 0 Å². The second-order valence-corrected chi connectivity index (χ2v) is 11.0. The molecule has 9 nitrogen and oxygen atoms in total. The van der Waals surface area contributed by atoms with Gasteiger partial charge >= 0.3 is 18.6 Å². The van der Waals surface area contributed by atoms with E-state index >= 15 is 4.39 Å². The smallest absolute Gasteiger partial charge is 0.448 e. The minimum Gasteiger partial charge on any atom is -0.448 e. The number of alkyl halides is 6. The van der Waals surface area contributed by atoms with Crippen LogP contribution in [0.25, 0.3) is 0 Å². The van der Waals surface area contributed by atoms with Gasteiger partial charge in [0, 0.05) is 23.7 Å². The van der Waals surface area contributed by atoms with Crippen LogP contribution in [0, 0.1) is 5.82 Å². The Bertz CT molecular complexity index is 1500. The molecule has 0 aliphatic carbocycles. The molecule has 5 N–H and O–H groups in total. The van der Waals surface area contributed by atoms with Crippen molar-refractivity contribution in [3.8, 4) is 5.75 Å². The fraction of sp³-hybridized carbons (Fsp3) is 0.375. The molecule has 0 aromatic heterocycles. The molecule has 1 aliphatic rings. The van der Waals surface area contributed by atoms with Crippen molar-refractivity contribution in [3.63, 3.8) is 0 Å². The van der Waals surface area contributed by atoms with Crippen molar-refractivity contribution < 1.29 is 54.5 Å². The molecule has 3 aromatic rings. The van der Waals surface area contributed by atoms with Gasteiger partial charge in [-0.25, -0.2) is 9.18 Å². The molecule has 48 heavy (non-hydrogen) atoms. The Labute approximate surface area is 270 Å². The van der Waals surface area contributed by atoms with Gasteiger partial charge in [-0.05, 0) is 48.2 Å². The molecule has 2 amide bonds. The topological polar surface area (TPSA) is 124 Å². The molecule has 0 bridgehead atoms. The largest absolute Gasteiger partial charge is 0.573 e. The molecule has 4 atom stereocenters. The third kappa shape index (κ3) is 11.1. The first-order valence-electron chi connectivity index (χ1n) is 14.8. The van der Waals surface area contributed by atoms with Crippen molar-refractivity contribution in [2.24, 2.45) is 5.73 Å². The summed E-state index contributed by atoms with van der Waals surface area (Å²) >= 11 is 0. The molecule has 260 valence electrons. The Morgan fingerprint density at radius 1 is 0.958 bits per heavy atom. The van der Waals surface area contributed by atoms with Crippen LogP contribution in [-0.4, -0.2) is 69.0 Å². The number of nitrogens with one attached hydrogen (secondary N) is 3. The zero-order valence-corrected chi connectivity index (χ0v) is 25.2. The molecule has 0 unspecified atom stereocenters. The first kappa shape index (κ1) is 36.4. The number of ether oxygens (including phenoxy) is 3. The molecule has 4 rings (SSSR count). The molecule has 0 spiro atoms. The number of hydrogen-bond donors (Lipinski definition) is 4. The third-order valence-corrected chi connectivity index (χ3v) is 7.40. The van der Waals surface area contributed by atoms with E-state index in [9.17, 15) is 35.9 Å². The molecule has 0 radical (unpaired) electrons. The Morgan fingerprint density at radius 3 is 2.27 bits per heavy atom. The van der Waals surface area contributed by atoms with Crippen LogP contribution < -0.4 is 26.4 Å². The van der Waals surface area contributed by atoms with Crippen LogP contribution in [0.2, 0.25) is 0 Å². The first-order chi connectivity index (χ1) is 22.7. The molecule has 1 fully saturated rings. The number of halogens is 7. The number of hydrogen-bond acceptors (Lipinski definition) is 7. The predicted octanol–water partition coefficient (Wildman–Crippen LogP) is 5.40. The molecule has 1 heterocycles. The predicted molar refractivity (Wildman–Crippen MR) is 160 cm³/mol. The van der Waals surface area contributed by atoms with Gasteiger partial charge in [-0.3, -0.25) is 4.79 Å². The second kappa shape index (κ2) is 16.1. The molecule has 0 saturated carbocycles. The lowest BCUT2D eigenvalue weighted by Crippen LogP contribution is -2.49. The zero-order chi connectivity index (χ0) is 34.9. The van der Waals surface area contributed by atoms with Gasteiger partial charge < -0.3 is 35.9 Å². The Hall–Kier alpha value is -4.41. The van der Waals surface area contributed by atoms with Gasteiger partial charge in [0.2, 0.25) is 5.91 Å². The van der Waals surface area contributed by atoms with Crippen LogP contribution in [0.15, 0.2) is 72.8 Å². The van der Waals surface area contributed by atoms with Gasteiger partial charge in [-0.2, -0.15) is 13.2 Å². The zero-order valence-electron chi connectivity index (χ0n) is 25.2. The highest BCUT2D eigenvalue weighted by molar-refractivity contribution is 5.96. The van der Waals surface area contributed by atoms with Crippen LogP contribution in [0.5, 0.6) is 5.75 Å². The monoisotopic (exact) mass is 686 g/mol. The van der Waals surface area contributed by atoms with Crippen LogP contribution in [0.1, 0.15) is 29.0 Å². The van der Waals surface area contributed by atoms with Crippen molar-refractivity contribution >= 4 is 17.7 Å². The fourth-order valence-corrected chi connectivity index (χ4v) is 5.11. The van der Waals surface area contributed by atoms with E-state index in [2.05, 4.69) is 15.4 Å². The molecule has 1 saturated heterocycles. The number of anilines is 1. The van der Waals surface area contributed by atoms with Crippen LogP contribution in [0.4, 0.5) is 41.2 Å². The maximum absolute atomic E-state index is 15.0. The summed E-state index contributed by atoms with van der Waals surface area (Å²) in [5.74, 6) is -2.46. The lowest BCUT2D eigenvalue weighted by atomic mass is 9.85. The van der Waals surface area contributed by atoms with Gasteiger partial charge in [-0.15, -0.1) is 13.2 Å². The van der Waals surface area contributed by atoms with E-state index in [0.29, 0.717) is 17.5 Å². The summed E-state index contributed by atoms with van der Waals surface area (Å²) in [4.78, 5) is 25.0. The highest BCUT2D eigenvalue weighted by Crippen LogP contribution is 2.31. The Morgan fingerprint density at radius 2 is 1.65 bits per heavy atom. The maximum atomic E-state index is 15.0. The van der Waals surface area contributed by atoms with E-state index in [1.807, 2.05) is 0 Å². The van der Waals surface area contributed by atoms with E-state index in [0.717, 1.165) is 12.1 Å². The molecule has 3 aromatic carbocycles. The second-order valence-electron chi connectivity index (χ2n) is 11.0. The van der Waals surface area contributed by atoms with Gasteiger partial charge in [0.25, 0.3) is 0 Å². The number of morpholine rings is 1. The van der Waals surface area contributed by atoms with Gasteiger partial charge in [0.1, 0.15) is 24.7 Å². The number of rotatable bonds is 12. The summed E-state index contributed by atoms with van der Waals surface area (Å²) in [6, 6.07) is 16.2. The quantitative estimate of drug-likeness (QED) is 0.188. The Kier molecular flexibility index (Phi) is 12.2. The van der Waals surface area contributed by atoms with E-state index in [-0.39, 0.29) is 37.4 Å². The van der Waals surface area contributed by atoms with E-state index in [1.54, 1.807) is 35.6 Å². The average molecular weight is 687 g/mol. The number of alkyl carbamates (subject to hydrolysis) is 1.